The summed E-state index contributed by atoms with van der Waals surface area (Å²) >= 11 is 0. The first kappa shape index (κ1) is 19.1. The van der Waals surface area contributed by atoms with E-state index in [2.05, 4.69) is 35.2 Å². The van der Waals surface area contributed by atoms with Crippen LogP contribution in [0.4, 0.5) is 25.2 Å². The van der Waals surface area contributed by atoms with E-state index in [-0.39, 0.29) is 23.5 Å². The maximum absolute atomic E-state index is 13.4. The van der Waals surface area contributed by atoms with Crippen LogP contribution in [-0.2, 0) is 0 Å². The first-order valence-corrected chi connectivity index (χ1v) is 9.71. The molecule has 2 aromatic carbocycles. The lowest BCUT2D eigenvalue weighted by Crippen LogP contribution is -2.28. The molecule has 3 heterocycles. The molecule has 0 radical (unpaired) electrons. The number of carbonyl (C=O) groups excluding carboxylic acids is 1. The molecule has 0 saturated heterocycles. The Kier molecular flexibility index (Phi) is 4.38. The second-order valence-corrected chi connectivity index (χ2v) is 7.00. The number of benzene rings is 2. The number of aromatic amines is 1. The molecule has 0 spiro atoms. The zero-order valence-corrected chi connectivity index (χ0v) is 16.4. The number of fused-ring (bicyclic) bond motifs is 2. The molecular weight excluding hydrogens is 410 g/mol. The van der Waals surface area contributed by atoms with E-state index in [0.29, 0.717) is 29.7 Å². The van der Waals surface area contributed by atoms with E-state index >= 15 is 0 Å². The minimum absolute atomic E-state index is 0.0193. The number of H-pyrrole nitrogens is 1. The smallest absolute Gasteiger partial charge is 0.395 e. The van der Waals surface area contributed by atoms with Gasteiger partial charge in [0.1, 0.15) is 5.52 Å². The number of ether oxygens (including phenoxy) is 2. The van der Waals surface area contributed by atoms with Crippen LogP contribution in [0.15, 0.2) is 35.4 Å². The molecule has 2 aliphatic heterocycles. The Labute approximate surface area is 175 Å². The highest BCUT2D eigenvalue weighted by Gasteiger charge is 2.43. The van der Waals surface area contributed by atoms with Crippen LogP contribution >= 0.6 is 0 Å². The van der Waals surface area contributed by atoms with Crippen LogP contribution in [0, 0.1) is 0 Å². The van der Waals surface area contributed by atoms with Gasteiger partial charge in [0.2, 0.25) is 5.95 Å². The number of rotatable bonds is 4. The van der Waals surface area contributed by atoms with Crippen LogP contribution in [0.25, 0.3) is 22.2 Å². The normalized spacial score (nSPS) is 16.2. The first-order chi connectivity index (χ1) is 14.9. The minimum atomic E-state index is -3.68. The predicted molar refractivity (Wildman–Crippen MR) is 111 cm³/mol. The number of hydrogen-bond donors (Lipinski definition) is 3. The van der Waals surface area contributed by atoms with Gasteiger partial charge in [-0.05, 0) is 42.3 Å². The van der Waals surface area contributed by atoms with Gasteiger partial charge in [-0.25, -0.2) is 9.78 Å². The number of imidazole rings is 1. The summed E-state index contributed by atoms with van der Waals surface area (Å²) in [5.41, 5.74) is 3.40. The van der Waals surface area contributed by atoms with Crippen LogP contribution in [0.5, 0.6) is 11.5 Å². The monoisotopic (exact) mass is 428 g/mol. The lowest BCUT2D eigenvalue weighted by atomic mass is 10.0. The maximum atomic E-state index is 13.4. The van der Waals surface area contributed by atoms with Crippen LogP contribution in [0.3, 0.4) is 0 Å². The third kappa shape index (κ3) is 3.58. The third-order valence-electron chi connectivity index (χ3n) is 4.84. The van der Waals surface area contributed by atoms with E-state index in [1.807, 2.05) is 30.3 Å². The SMILES string of the molecule is CCNC(=O)Nc1nc2c(N3CCC=N3)cc(-c3ccc4c(c3)OC(F)(F)O4)cc2[nH]1. The van der Waals surface area contributed by atoms with Gasteiger partial charge >= 0.3 is 12.3 Å². The highest BCUT2D eigenvalue weighted by molar-refractivity contribution is 5.97. The Morgan fingerprint density at radius 3 is 2.84 bits per heavy atom. The Bertz CT molecular complexity index is 1210. The number of hydrogen-bond acceptors (Lipinski definition) is 6. The molecule has 0 aliphatic carbocycles. The zero-order chi connectivity index (χ0) is 21.6. The van der Waals surface area contributed by atoms with Crippen molar-refractivity contribution < 1.29 is 23.0 Å². The molecule has 2 aliphatic rings. The molecule has 11 heteroatoms. The first-order valence-electron chi connectivity index (χ1n) is 9.71. The van der Waals surface area contributed by atoms with Gasteiger partial charge in [0.25, 0.3) is 0 Å². The van der Waals surface area contributed by atoms with E-state index in [9.17, 15) is 13.6 Å². The molecule has 0 fully saturated rings. The number of carbonyl (C=O) groups is 1. The molecule has 0 unspecified atom stereocenters. The second-order valence-electron chi connectivity index (χ2n) is 7.00. The van der Waals surface area contributed by atoms with Gasteiger partial charge in [-0.1, -0.05) is 6.07 Å². The molecule has 3 aromatic rings. The molecule has 160 valence electrons. The topological polar surface area (TPSA) is 104 Å². The van der Waals surface area contributed by atoms with Crippen molar-refractivity contribution in [2.24, 2.45) is 5.10 Å². The van der Waals surface area contributed by atoms with Crippen LogP contribution in [-0.4, -0.2) is 41.6 Å². The van der Waals surface area contributed by atoms with Gasteiger partial charge in [0, 0.05) is 25.7 Å². The second kappa shape index (κ2) is 7.11. The van der Waals surface area contributed by atoms with E-state index in [4.69, 9.17) is 0 Å². The van der Waals surface area contributed by atoms with Gasteiger partial charge in [0.05, 0.1) is 11.2 Å². The van der Waals surface area contributed by atoms with Gasteiger partial charge in [0.15, 0.2) is 11.5 Å². The van der Waals surface area contributed by atoms with Gasteiger partial charge < -0.3 is 19.8 Å². The summed E-state index contributed by atoms with van der Waals surface area (Å²) < 4.78 is 35.8. The highest BCUT2D eigenvalue weighted by Crippen LogP contribution is 2.44. The summed E-state index contributed by atoms with van der Waals surface area (Å²) in [6.07, 6.45) is -1.08. The number of nitrogens with zero attached hydrogens (tertiary/aromatic N) is 3. The van der Waals surface area contributed by atoms with Crippen LogP contribution in [0.2, 0.25) is 0 Å². The molecule has 1 aromatic heterocycles. The summed E-state index contributed by atoms with van der Waals surface area (Å²) in [5.74, 6) is 0.230. The molecular formula is C20H18F2N6O3. The Balaban J connectivity index is 1.58. The van der Waals surface area contributed by atoms with Gasteiger partial charge in [-0.2, -0.15) is 5.10 Å². The predicted octanol–water partition coefficient (Wildman–Crippen LogP) is 3.89. The fraction of sp³-hybridized carbons (Fsp3) is 0.250. The fourth-order valence-corrected chi connectivity index (χ4v) is 3.54. The van der Waals surface area contributed by atoms with Crippen molar-refractivity contribution in [3.05, 3.63) is 30.3 Å². The van der Waals surface area contributed by atoms with Crippen molar-refractivity contribution in [3.8, 4) is 22.6 Å². The number of alkyl halides is 2. The Morgan fingerprint density at radius 2 is 2.06 bits per heavy atom. The van der Waals surface area contributed by atoms with Crippen LogP contribution in [0.1, 0.15) is 13.3 Å². The molecule has 3 N–H and O–H groups in total. The van der Waals surface area contributed by atoms with Crippen molar-refractivity contribution in [1.82, 2.24) is 15.3 Å². The molecule has 0 bridgehead atoms. The van der Waals surface area contributed by atoms with Crippen molar-refractivity contribution in [2.45, 2.75) is 19.6 Å². The quantitative estimate of drug-likeness (QED) is 0.585. The molecule has 31 heavy (non-hydrogen) atoms. The summed E-state index contributed by atoms with van der Waals surface area (Å²) in [4.78, 5) is 19.5. The molecule has 0 saturated carbocycles. The summed E-state index contributed by atoms with van der Waals surface area (Å²) in [5, 5.41) is 11.5. The van der Waals surface area contributed by atoms with Crippen molar-refractivity contribution in [3.63, 3.8) is 0 Å². The number of urea groups is 1. The number of amides is 2. The van der Waals surface area contributed by atoms with E-state index in [0.717, 1.165) is 17.7 Å². The minimum Gasteiger partial charge on any atom is -0.395 e. The summed E-state index contributed by atoms with van der Waals surface area (Å²) in [6, 6.07) is 7.93. The Hall–Kier alpha value is -3.89. The number of hydrazone groups is 1. The van der Waals surface area contributed by atoms with Crippen molar-refractivity contribution in [1.29, 1.82) is 0 Å². The number of aromatic nitrogens is 2. The number of halogens is 2. The summed E-state index contributed by atoms with van der Waals surface area (Å²) in [7, 11) is 0. The molecule has 9 nitrogen and oxygen atoms in total. The van der Waals surface area contributed by atoms with E-state index < -0.39 is 6.29 Å². The zero-order valence-electron chi connectivity index (χ0n) is 16.4. The van der Waals surface area contributed by atoms with Gasteiger partial charge in [-0.15, -0.1) is 8.78 Å². The molecule has 0 atom stereocenters. The summed E-state index contributed by atoms with van der Waals surface area (Å²) in [6.45, 7) is 2.97. The molecule has 5 rings (SSSR count). The highest BCUT2D eigenvalue weighted by atomic mass is 19.3. The van der Waals surface area contributed by atoms with Gasteiger partial charge in [-0.3, -0.25) is 10.3 Å². The van der Waals surface area contributed by atoms with Crippen LogP contribution < -0.4 is 25.1 Å². The van der Waals surface area contributed by atoms with Crippen molar-refractivity contribution >= 4 is 34.9 Å². The maximum Gasteiger partial charge on any atom is 0.586 e. The average molecular weight is 428 g/mol. The lowest BCUT2D eigenvalue weighted by molar-refractivity contribution is -0.286. The number of nitrogens with one attached hydrogen (secondary N) is 3. The Morgan fingerprint density at radius 1 is 1.23 bits per heavy atom. The lowest BCUT2D eigenvalue weighted by Gasteiger charge is -2.16. The van der Waals surface area contributed by atoms with E-state index in [1.54, 1.807) is 6.07 Å². The standard InChI is InChI=1S/C20H18F2N6O3/c1-2-23-19(29)27-18-25-13-8-12(9-14(17(13)26-18)28-7-3-6-24-28)11-4-5-15-16(10-11)31-20(21,22)30-15/h4-6,8-10H,2-3,7H2,1H3,(H3,23,25,26,27,29). The van der Waals surface area contributed by atoms with Crippen molar-refractivity contribution in [2.75, 3.05) is 23.4 Å². The third-order valence-corrected chi connectivity index (χ3v) is 4.84. The largest absolute Gasteiger partial charge is 0.586 e. The molecule has 2 amide bonds. The number of anilines is 2. The fourth-order valence-electron chi connectivity index (χ4n) is 3.54. The average Bonchev–Trinajstić information content (AvgIpc) is 3.43. The van der Waals surface area contributed by atoms with E-state index in [1.165, 1.54) is 12.1 Å².